The Labute approximate surface area is 149 Å². The summed E-state index contributed by atoms with van der Waals surface area (Å²) in [6, 6.07) is 5.86. The van der Waals surface area contributed by atoms with Gasteiger partial charge in [0.1, 0.15) is 5.82 Å². The largest absolute Gasteiger partial charge is 0.387 e. The Kier molecular flexibility index (Phi) is 5.44. The molecule has 1 aromatic rings. The van der Waals surface area contributed by atoms with Crippen molar-refractivity contribution < 1.29 is 14.3 Å². The smallest absolute Gasteiger partial charge is 0.226 e. The highest BCUT2D eigenvalue weighted by atomic mass is 19.1. The second-order valence-electron chi connectivity index (χ2n) is 8.07. The van der Waals surface area contributed by atoms with Crippen LogP contribution in [0.25, 0.3) is 0 Å². The van der Waals surface area contributed by atoms with E-state index in [0.717, 1.165) is 32.4 Å². The first-order valence-electron chi connectivity index (χ1n) is 9.34. The van der Waals surface area contributed by atoms with E-state index in [0.29, 0.717) is 18.0 Å². The Bertz CT molecular complexity index is 596. The van der Waals surface area contributed by atoms with Gasteiger partial charge in [-0.05, 0) is 61.4 Å². The Morgan fingerprint density at radius 2 is 1.92 bits per heavy atom. The molecule has 1 spiro atoms. The maximum atomic E-state index is 13.1. The Hall–Kier alpha value is -1.46. The van der Waals surface area contributed by atoms with Crippen LogP contribution >= 0.6 is 0 Å². The fourth-order valence-corrected chi connectivity index (χ4v) is 4.09. The number of nitrogens with zero attached hydrogens (tertiary/aromatic N) is 1. The number of carbonyl (C=O) groups excluding carboxylic acids is 1. The number of rotatable bonds is 6. The van der Waals surface area contributed by atoms with Crippen LogP contribution in [-0.4, -0.2) is 42.1 Å². The third-order valence-corrected chi connectivity index (χ3v) is 5.63. The monoisotopic (exact) mass is 348 g/mol. The fraction of sp³-hybridized carbons (Fsp3) is 0.650. The lowest BCUT2D eigenvalue weighted by atomic mass is 9.91. The van der Waals surface area contributed by atoms with E-state index in [-0.39, 0.29) is 29.6 Å². The van der Waals surface area contributed by atoms with Gasteiger partial charge in [0, 0.05) is 12.5 Å². The van der Waals surface area contributed by atoms with Crippen molar-refractivity contribution in [3.8, 4) is 0 Å². The summed E-state index contributed by atoms with van der Waals surface area (Å²) >= 11 is 0. The van der Waals surface area contributed by atoms with Crippen molar-refractivity contribution in [2.24, 2.45) is 17.3 Å². The standard InChI is InChI=1S/C20H29FN2O2/c1-14(2)12-23(13-18(24)15-3-5-16(21)6-4-15)19(25)17-11-20(17)7-9-22-10-8-20/h3-6,14,17-18,22,24H,7-13H2,1-2H3. The molecule has 0 aromatic heterocycles. The van der Waals surface area contributed by atoms with Crippen LogP contribution in [0.5, 0.6) is 0 Å². The van der Waals surface area contributed by atoms with Gasteiger partial charge in [-0.1, -0.05) is 26.0 Å². The third kappa shape index (κ3) is 4.21. The van der Waals surface area contributed by atoms with Crippen LogP contribution in [0.4, 0.5) is 4.39 Å². The van der Waals surface area contributed by atoms with Gasteiger partial charge in [0.2, 0.25) is 5.91 Å². The zero-order chi connectivity index (χ0) is 18.0. The van der Waals surface area contributed by atoms with E-state index in [4.69, 9.17) is 0 Å². The van der Waals surface area contributed by atoms with Gasteiger partial charge in [-0.3, -0.25) is 4.79 Å². The molecule has 2 aliphatic rings. The number of aliphatic hydroxyl groups is 1. The molecule has 2 fully saturated rings. The Morgan fingerprint density at radius 3 is 2.52 bits per heavy atom. The van der Waals surface area contributed by atoms with Gasteiger partial charge in [0.05, 0.1) is 12.6 Å². The van der Waals surface area contributed by atoms with E-state index in [1.165, 1.54) is 12.1 Å². The van der Waals surface area contributed by atoms with Crippen LogP contribution < -0.4 is 5.32 Å². The molecule has 1 aromatic carbocycles. The highest BCUT2D eigenvalue weighted by Crippen LogP contribution is 2.59. The molecule has 1 aliphatic heterocycles. The lowest BCUT2D eigenvalue weighted by Gasteiger charge is -2.30. The minimum Gasteiger partial charge on any atom is -0.387 e. The van der Waals surface area contributed by atoms with Crippen molar-refractivity contribution in [2.75, 3.05) is 26.2 Å². The van der Waals surface area contributed by atoms with Crippen molar-refractivity contribution in [3.63, 3.8) is 0 Å². The quantitative estimate of drug-likeness (QED) is 0.831. The van der Waals surface area contributed by atoms with Crippen LogP contribution in [0.3, 0.4) is 0 Å². The number of carbonyl (C=O) groups is 1. The molecule has 1 amide bonds. The number of hydrogen-bond acceptors (Lipinski definition) is 3. The molecule has 0 radical (unpaired) electrons. The predicted octanol–water partition coefficient (Wildman–Crippen LogP) is 2.73. The second kappa shape index (κ2) is 7.42. The molecule has 1 aliphatic carbocycles. The van der Waals surface area contributed by atoms with E-state index in [1.54, 1.807) is 12.1 Å². The van der Waals surface area contributed by atoms with Crippen LogP contribution in [0.1, 0.15) is 44.8 Å². The SMILES string of the molecule is CC(C)CN(CC(O)c1ccc(F)cc1)C(=O)C1CC12CCNCC2. The molecule has 138 valence electrons. The van der Waals surface area contributed by atoms with Crippen molar-refractivity contribution in [1.82, 2.24) is 10.2 Å². The first kappa shape index (κ1) is 18.3. The predicted molar refractivity (Wildman–Crippen MR) is 95.4 cm³/mol. The maximum Gasteiger partial charge on any atom is 0.226 e. The molecule has 4 nitrogen and oxygen atoms in total. The summed E-state index contributed by atoms with van der Waals surface area (Å²) in [7, 11) is 0. The lowest BCUT2D eigenvalue weighted by molar-refractivity contribution is -0.135. The van der Waals surface area contributed by atoms with E-state index in [1.807, 2.05) is 4.90 Å². The zero-order valence-electron chi connectivity index (χ0n) is 15.2. The van der Waals surface area contributed by atoms with Crippen LogP contribution in [0.15, 0.2) is 24.3 Å². The third-order valence-electron chi connectivity index (χ3n) is 5.63. The molecule has 2 N–H and O–H groups in total. The van der Waals surface area contributed by atoms with Crippen LogP contribution in [0, 0.1) is 23.1 Å². The van der Waals surface area contributed by atoms with E-state index in [2.05, 4.69) is 19.2 Å². The molecule has 2 unspecified atom stereocenters. The topological polar surface area (TPSA) is 52.6 Å². The number of benzene rings is 1. The van der Waals surface area contributed by atoms with Gasteiger partial charge in [-0.2, -0.15) is 0 Å². The number of halogens is 1. The van der Waals surface area contributed by atoms with Crippen molar-refractivity contribution in [3.05, 3.63) is 35.6 Å². The van der Waals surface area contributed by atoms with Gasteiger partial charge in [-0.15, -0.1) is 0 Å². The summed E-state index contributed by atoms with van der Waals surface area (Å²) in [5.41, 5.74) is 0.841. The van der Waals surface area contributed by atoms with Crippen molar-refractivity contribution in [2.45, 2.75) is 39.2 Å². The Morgan fingerprint density at radius 1 is 1.28 bits per heavy atom. The summed E-state index contributed by atoms with van der Waals surface area (Å²) in [5, 5.41) is 13.9. The molecular weight excluding hydrogens is 319 g/mol. The number of hydrogen-bond donors (Lipinski definition) is 2. The lowest BCUT2D eigenvalue weighted by Crippen LogP contribution is -2.40. The van der Waals surface area contributed by atoms with Gasteiger partial charge >= 0.3 is 0 Å². The van der Waals surface area contributed by atoms with Crippen LogP contribution in [-0.2, 0) is 4.79 Å². The van der Waals surface area contributed by atoms with Gasteiger partial charge < -0.3 is 15.3 Å². The first-order chi connectivity index (χ1) is 11.9. The Balaban J connectivity index is 1.67. The summed E-state index contributed by atoms with van der Waals surface area (Å²) in [6.45, 7) is 7.06. The average molecular weight is 348 g/mol. The molecule has 25 heavy (non-hydrogen) atoms. The van der Waals surface area contributed by atoms with Crippen molar-refractivity contribution >= 4 is 5.91 Å². The average Bonchev–Trinajstić information content (AvgIpc) is 3.27. The summed E-state index contributed by atoms with van der Waals surface area (Å²) in [4.78, 5) is 14.9. The minimum absolute atomic E-state index is 0.105. The number of amides is 1. The molecule has 5 heteroatoms. The molecule has 0 bridgehead atoms. The van der Waals surface area contributed by atoms with E-state index >= 15 is 0 Å². The van der Waals surface area contributed by atoms with Gasteiger partial charge in [0.25, 0.3) is 0 Å². The van der Waals surface area contributed by atoms with E-state index in [9.17, 15) is 14.3 Å². The highest BCUT2D eigenvalue weighted by Gasteiger charge is 2.58. The number of piperidine rings is 1. The number of nitrogens with one attached hydrogen (secondary N) is 1. The van der Waals surface area contributed by atoms with Gasteiger partial charge in [-0.25, -0.2) is 4.39 Å². The minimum atomic E-state index is -0.786. The number of aliphatic hydroxyl groups excluding tert-OH is 1. The highest BCUT2D eigenvalue weighted by molar-refractivity contribution is 5.82. The normalized spacial score (nSPS) is 22.8. The molecule has 1 heterocycles. The fourth-order valence-electron chi connectivity index (χ4n) is 4.09. The molecule has 1 saturated carbocycles. The maximum absolute atomic E-state index is 13.1. The zero-order valence-corrected chi connectivity index (χ0v) is 15.2. The summed E-state index contributed by atoms with van der Waals surface area (Å²) < 4.78 is 13.1. The molecule has 3 rings (SSSR count). The van der Waals surface area contributed by atoms with Gasteiger partial charge in [0.15, 0.2) is 0 Å². The van der Waals surface area contributed by atoms with E-state index < -0.39 is 6.10 Å². The second-order valence-corrected chi connectivity index (χ2v) is 8.07. The summed E-state index contributed by atoms with van der Waals surface area (Å²) in [6.07, 6.45) is 2.33. The first-order valence-corrected chi connectivity index (χ1v) is 9.34. The molecular formula is C20H29FN2O2. The van der Waals surface area contributed by atoms with Crippen molar-refractivity contribution in [1.29, 1.82) is 0 Å². The summed E-state index contributed by atoms with van der Waals surface area (Å²) in [5.74, 6) is 0.300. The molecule has 2 atom stereocenters. The molecule has 1 saturated heterocycles. The van der Waals surface area contributed by atoms with Crippen LogP contribution in [0.2, 0.25) is 0 Å².